The second-order valence-corrected chi connectivity index (χ2v) is 5.46. The maximum Gasteiger partial charge on any atom is 0.338 e. The summed E-state index contributed by atoms with van der Waals surface area (Å²) in [5.41, 5.74) is 1.73. The molecule has 0 aliphatic rings. The molecule has 2 aromatic carbocycles. The normalized spacial score (nSPS) is 10.4. The summed E-state index contributed by atoms with van der Waals surface area (Å²) in [4.78, 5) is 11.7. The third-order valence-corrected chi connectivity index (χ3v) is 3.60. The molecule has 2 rings (SSSR count). The second-order valence-electron chi connectivity index (χ2n) is 5.46. The number of carbonyl (C=O) groups excluding carboxylic acids is 1. The van der Waals surface area contributed by atoms with Crippen molar-refractivity contribution in [3.05, 3.63) is 65.7 Å². The molecule has 0 fully saturated rings. The van der Waals surface area contributed by atoms with Crippen LogP contribution in [0, 0.1) is 0 Å². The van der Waals surface area contributed by atoms with Crippen LogP contribution in [0.4, 0.5) is 0 Å². The maximum absolute atomic E-state index is 11.7. The first-order chi connectivity index (χ1) is 11.8. The van der Waals surface area contributed by atoms with E-state index < -0.39 is 0 Å². The average Bonchev–Trinajstić information content (AvgIpc) is 2.65. The molecular weight excluding hydrogens is 304 g/mol. The van der Waals surface area contributed by atoms with E-state index in [1.54, 1.807) is 19.2 Å². The number of unbranched alkanes of at least 4 members (excludes halogenated alkanes) is 2. The van der Waals surface area contributed by atoms with Crippen molar-refractivity contribution in [1.29, 1.82) is 0 Å². The fraction of sp³-hybridized carbons (Fsp3) is 0.350. The van der Waals surface area contributed by atoms with Gasteiger partial charge in [0.1, 0.15) is 5.75 Å². The van der Waals surface area contributed by atoms with E-state index in [-0.39, 0.29) is 5.97 Å². The van der Waals surface area contributed by atoms with Crippen molar-refractivity contribution in [2.75, 3.05) is 20.3 Å². The Morgan fingerprint density at radius 1 is 0.875 bits per heavy atom. The fourth-order valence-electron chi connectivity index (χ4n) is 2.22. The molecule has 128 valence electrons. The third kappa shape index (κ3) is 6.42. The number of esters is 1. The van der Waals surface area contributed by atoms with E-state index in [4.69, 9.17) is 14.2 Å². The summed E-state index contributed by atoms with van der Waals surface area (Å²) in [6.07, 6.45) is 2.79. The molecule has 0 spiro atoms. The van der Waals surface area contributed by atoms with Gasteiger partial charge in [0.15, 0.2) is 0 Å². The van der Waals surface area contributed by atoms with E-state index in [0.29, 0.717) is 25.4 Å². The Kier molecular flexibility index (Phi) is 7.84. The lowest BCUT2D eigenvalue weighted by Crippen LogP contribution is -2.06. The molecule has 0 unspecified atom stereocenters. The molecule has 0 aliphatic heterocycles. The summed E-state index contributed by atoms with van der Waals surface area (Å²) in [5.74, 6) is 0.593. The van der Waals surface area contributed by atoms with Gasteiger partial charge in [-0.3, -0.25) is 0 Å². The summed E-state index contributed by atoms with van der Waals surface area (Å²) < 4.78 is 16.0. The molecule has 0 N–H and O–H groups in total. The fourth-order valence-corrected chi connectivity index (χ4v) is 2.22. The Bertz CT molecular complexity index is 593. The number of rotatable bonds is 10. The summed E-state index contributed by atoms with van der Waals surface area (Å²) in [6.45, 7) is 1.76. The molecule has 0 bridgehead atoms. The van der Waals surface area contributed by atoms with Crippen LogP contribution in [-0.2, 0) is 16.1 Å². The molecule has 0 heterocycles. The molecule has 0 aromatic heterocycles. The summed E-state index contributed by atoms with van der Waals surface area (Å²) in [7, 11) is 1.66. The van der Waals surface area contributed by atoms with Gasteiger partial charge in [-0.1, -0.05) is 30.3 Å². The van der Waals surface area contributed by atoms with Gasteiger partial charge in [-0.2, -0.15) is 0 Å². The van der Waals surface area contributed by atoms with Gasteiger partial charge in [0.05, 0.1) is 25.9 Å². The lowest BCUT2D eigenvalue weighted by Gasteiger charge is -2.06. The topological polar surface area (TPSA) is 44.8 Å². The summed E-state index contributed by atoms with van der Waals surface area (Å²) in [6, 6.07) is 16.9. The highest BCUT2D eigenvalue weighted by Crippen LogP contribution is 2.12. The van der Waals surface area contributed by atoms with E-state index in [1.165, 1.54) is 0 Å². The van der Waals surface area contributed by atoms with Crippen LogP contribution < -0.4 is 4.74 Å². The van der Waals surface area contributed by atoms with Crippen LogP contribution >= 0.6 is 0 Å². The van der Waals surface area contributed by atoms with Gasteiger partial charge in [0.2, 0.25) is 0 Å². The van der Waals surface area contributed by atoms with E-state index in [2.05, 4.69) is 0 Å². The van der Waals surface area contributed by atoms with Gasteiger partial charge in [-0.25, -0.2) is 4.79 Å². The van der Waals surface area contributed by atoms with Crippen molar-refractivity contribution in [2.24, 2.45) is 0 Å². The highest BCUT2D eigenvalue weighted by atomic mass is 16.5. The monoisotopic (exact) mass is 328 g/mol. The lowest BCUT2D eigenvalue weighted by atomic mass is 10.2. The quantitative estimate of drug-likeness (QED) is 0.483. The number of benzene rings is 2. The highest BCUT2D eigenvalue weighted by molar-refractivity contribution is 5.89. The zero-order chi connectivity index (χ0) is 17.0. The van der Waals surface area contributed by atoms with Crippen LogP contribution in [0.2, 0.25) is 0 Å². The van der Waals surface area contributed by atoms with Crippen LogP contribution in [0.5, 0.6) is 5.75 Å². The number of methoxy groups -OCH3 is 1. The van der Waals surface area contributed by atoms with Crippen LogP contribution in [0.3, 0.4) is 0 Å². The molecule has 0 saturated heterocycles. The van der Waals surface area contributed by atoms with Crippen LogP contribution in [0.25, 0.3) is 0 Å². The highest BCUT2D eigenvalue weighted by Gasteiger charge is 2.04. The summed E-state index contributed by atoms with van der Waals surface area (Å²) in [5, 5.41) is 0. The molecular formula is C20H24O4. The van der Waals surface area contributed by atoms with Crippen molar-refractivity contribution in [3.8, 4) is 5.75 Å². The van der Waals surface area contributed by atoms with Crippen molar-refractivity contribution in [2.45, 2.75) is 25.9 Å². The van der Waals surface area contributed by atoms with Crippen LogP contribution in [-0.4, -0.2) is 26.3 Å². The van der Waals surface area contributed by atoms with Crippen molar-refractivity contribution < 1.29 is 19.0 Å². The van der Waals surface area contributed by atoms with Crippen molar-refractivity contribution >= 4 is 5.97 Å². The minimum atomic E-state index is -0.258. The van der Waals surface area contributed by atoms with Gasteiger partial charge in [-0.15, -0.1) is 0 Å². The van der Waals surface area contributed by atoms with E-state index in [9.17, 15) is 4.79 Å². The van der Waals surface area contributed by atoms with Gasteiger partial charge < -0.3 is 14.2 Å². The Balaban J connectivity index is 1.48. The number of hydrogen-bond donors (Lipinski definition) is 0. The molecule has 0 atom stereocenters. The third-order valence-electron chi connectivity index (χ3n) is 3.60. The Hall–Kier alpha value is -2.33. The number of hydrogen-bond acceptors (Lipinski definition) is 4. The van der Waals surface area contributed by atoms with E-state index in [0.717, 1.165) is 30.6 Å². The zero-order valence-corrected chi connectivity index (χ0v) is 14.1. The second kappa shape index (κ2) is 10.4. The first-order valence-corrected chi connectivity index (χ1v) is 8.22. The molecule has 0 amide bonds. The predicted molar refractivity (Wildman–Crippen MR) is 93.2 cm³/mol. The zero-order valence-electron chi connectivity index (χ0n) is 14.1. The van der Waals surface area contributed by atoms with Crippen molar-refractivity contribution in [3.63, 3.8) is 0 Å². The molecule has 2 aromatic rings. The number of ether oxygens (including phenoxy) is 3. The van der Waals surface area contributed by atoms with Crippen molar-refractivity contribution in [1.82, 2.24) is 0 Å². The smallest absolute Gasteiger partial charge is 0.338 e. The Labute approximate surface area is 143 Å². The molecule has 4 nitrogen and oxygen atoms in total. The Morgan fingerprint density at radius 3 is 2.29 bits per heavy atom. The first-order valence-electron chi connectivity index (χ1n) is 8.22. The SMILES string of the molecule is COc1ccc(COCCCCCOC(=O)c2ccccc2)cc1. The Morgan fingerprint density at radius 2 is 1.58 bits per heavy atom. The minimum absolute atomic E-state index is 0.258. The molecule has 0 saturated carbocycles. The molecule has 0 radical (unpaired) electrons. The van der Waals surface area contributed by atoms with Crippen LogP contribution in [0.1, 0.15) is 35.2 Å². The van der Waals surface area contributed by atoms with Gasteiger partial charge in [0, 0.05) is 6.61 Å². The minimum Gasteiger partial charge on any atom is -0.497 e. The average molecular weight is 328 g/mol. The van der Waals surface area contributed by atoms with Gasteiger partial charge in [-0.05, 0) is 49.1 Å². The van der Waals surface area contributed by atoms with Crippen LogP contribution in [0.15, 0.2) is 54.6 Å². The predicted octanol–water partition coefficient (Wildman–Crippen LogP) is 4.24. The summed E-state index contributed by atoms with van der Waals surface area (Å²) >= 11 is 0. The molecule has 0 aliphatic carbocycles. The largest absolute Gasteiger partial charge is 0.497 e. The van der Waals surface area contributed by atoms with E-state index in [1.807, 2.05) is 42.5 Å². The maximum atomic E-state index is 11.7. The standard InChI is InChI=1S/C20H24O4/c1-22-19-12-10-17(11-13-19)16-23-14-6-3-7-15-24-20(21)18-8-4-2-5-9-18/h2,4-5,8-13H,3,6-7,14-16H2,1H3. The number of carbonyl (C=O) groups is 1. The van der Waals surface area contributed by atoms with Gasteiger partial charge in [0.25, 0.3) is 0 Å². The first kappa shape index (κ1) is 18.0. The lowest BCUT2D eigenvalue weighted by molar-refractivity contribution is 0.0493. The van der Waals surface area contributed by atoms with Gasteiger partial charge >= 0.3 is 5.97 Å². The molecule has 4 heteroatoms. The van der Waals surface area contributed by atoms with E-state index >= 15 is 0 Å². The molecule has 24 heavy (non-hydrogen) atoms.